The molecule has 4 aromatic carbocycles. The molecule has 10 heteroatoms. The zero-order valence-electron chi connectivity index (χ0n) is 23.0. The Bertz CT molecular complexity index is 1800. The molecule has 6 nitrogen and oxygen atoms in total. The SMILES string of the molecule is O=C(Nc1cccc(SC(C(=O)Nc2ccc(F)c(Cl)c2)c2ccccc2)c1)/C(=C/c1ccsc1)NC(=O)c1ccccc1. The quantitative estimate of drug-likeness (QED) is 0.106. The Kier molecular flexibility index (Phi) is 10.2. The normalized spacial score (nSPS) is 11.8. The summed E-state index contributed by atoms with van der Waals surface area (Å²) in [6.07, 6.45) is 1.61. The topological polar surface area (TPSA) is 87.3 Å². The van der Waals surface area contributed by atoms with E-state index in [1.807, 2.05) is 53.2 Å². The maximum absolute atomic E-state index is 13.7. The van der Waals surface area contributed by atoms with E-state index in [9.17, 15) is 18.8 Å². The molecule has 0 saturated heterocycles. The standard InChI is InChI=1S/C34H25ClFN3O3S2/c35-28-20-26(14-15-29(28)36)38-34(42)31(23-8-3-1-4-9-23)44-27-13-7-12-25(19-27)37-33(41)30(18-22-16-17-43-21-22)39-32(40)24-10-5-2-6-11-24/h1-21,31H,(H,37,41)(H,38,42)(H,39,40)/b30-18-. The van der Waals surface area contributed by atoms with E-state index in [-0.39, 0.29) is 16.6 Å². The van der Waals surface area contributed by atoms with Crippen LogP contribution in [0.15, 0.2) is 131 Å². The summed E-state index contributed by atoms with van der Waals surface area (Å²) in [6, 6.07) is 30.8. The molecule has 44 heavy (non-hydrogen) atoms. The zero-order valence-corrected chi connectivity index (χ0v) is 25.4. The first kappa shape index (κ1) is 30.7. The van der Waals surface area contributed by atoms with Gasteiger partial charge < -0.3 is 16.0 Å². The van der Waals surface area contributed by atoms with Gasteiger partial charge in [-0.3, -0.25) is 14.4 Å². The molecule has 1 aromatic heterocycles. The van der Waals surface area contributed by atoms with Gasteiger partial charge in [0.2, 0.25) is 5.91 Å². The summed E-state index contributed by atoms with van der Waals surface area (Å²) in [7, 11) is 0. The molecule has 0 aliphatic carbocycles. The van der Waals surface area contributed by atoms with Crippen LogP contribution in [-0.4, -0.2) is 17.7 Å². The predicted molar refractivity (Wildman–Crippen MR) is 176 cm³/mol. The van der Waals surface area contributed by atoms with Crippen LogP contribution in [-0.2, 0) is 9.59 Å². The number of hydrogen-bond acceptors (Lipinski definition) is 5. The molecule has 220 valence electrons. The molecule has 1 unspecified atom stereocenters. The van der Waals surface area contributed by atoms with Crippen molar-refractivity contribution >= 4 is 69.9 Å². The largest absolute Gasteiger partial charge is 0.325 e. The molecule has 3 amide bonds. The van der Waals surface area contributed by atoms with Gasteiger partial charge in [-0.1, -0.05) is 66.2 Å². The van der Waals surface area contributed by atoms with E-state index in [4.69, 9.17) is 11.6 Å². The number of hydrogen-bond donors (Lipinski definition) is 3. The summed E-state index contributed by atoms with van der Waals surface area (Å²) in [6.45, 7) is 0. The molecule has 0 aliphatic rings. The number of thiophene rings is 1. The highest BCUT2D eigenvalue weighted by Crippen LogP contribution is 2.37. The number of carbonyl (C=O) groups excluding carboxylic acids is 3. The van der Waals surface area contributed by atoms with Gasteiger partial charge in [-0.25, -0.2) is 4.39 Å². The Morgan fingerprint density at radius 3 is 2.25 bits per heavy atom. The van der Waals surface area contributed by atoms with E-state index in [0.717, 1.165) is 11.1 Å². The van der Waals surface area contributed by atoms with Gasteiger partial charge in [-0.2, -0.15) is 11.3 Å². The number of nitrogens with one attached hydrogen (secondary N) is 3. The molecule has 0 saturated carbocycles. The van der Waals surface area contributed by atoms with E-state index in [1.165, 1.54) is 41.3 Å². The van der Waals surface area contributed by atoms with Gasteiger partial charge in [0.1, 0.15) is 16.8 Å². The highest BCUT2D eigenvalue weighted by Gasteiger charge is 2.23. The summed E-state index contributed by atoms with van der Waals surface area (Å²) in [4.78, 5) is 40.5. The van der Waals surface area contributed by atoms with Gasteiger partial charge in [0.15, 0.2) is 0 Å². The molecule has 0 spiro atoms. The second kappa shape index (κ2) is 14.7. The molecular weight excluding hydrogens is 617 g/mol. The van der Waals surface area contributed by atoms with Gasteiger partial charge in [-0.05, 0) is 82.6 Å². The zero-order chi connectivity index (χ0) is 30.9. The van der Waals surface area contributed by atoms with Crippen molar-refractivity contribution in [3.05, 3.63) is 153 Å². The van der Waals surface area contributed by atoms with Gasteiger partial charge in [0.25, 0.3) is 11.8 Å². The highest BCUT2D eigenvalue weighted by molar-refractivity contribution is 8.00. The van der Waals surface area contributed by atoms with Crippen LogP contribution in [0.3, 0.4) is 0 Å². The van der Waals surface area contributed by atoms with Crippen molar-refractivity contribution < 1.29 is 18.8 Å². The fraction of sp³-hybridized carbons (Fsp3) is 0.0294. The first-order valence-electron chi connectivity index (χ1n) is 13.3. The lowest BCUT2D eigenvalue weighted by Crippen LogP contribution is -2.30. The lowest BCUT2D eigenvalue weighted by Gasteiger charge is -2.18. The van der Waals surface area contributed by atoms with E-state index in [1.54, 1.807) is 54.6 Å². The van der Waals surface area contributed by atoms with Crippen molar-refractivity contribution in [1.82, 2.24) is 5.32 Å². The van der Waals surface area contributed by atoms with Crippen LogP contribution in [0, 0.1) is 5.82 Å². The first-order chi connectivity index (χ1) is 21.4. The van der Waals surface area contributed by atoms with Gasteiger partial charge >= 0.3 is 0 Å². The second-order valence-corrected chi connectivity index (χ2v) is 11.8. The molecule has 1 heterocycles. The van der Waals surface area contributed by atoms with Gasteiger partial charge in [0.05, 0.1) is 5.02 Å². The first-order valence-corrected chi connectivity index (χ1v) is 15.5. The van der Waals surface area contributed by atoms with Crippen molar-refractivity contribution in [2.24, 2.45) is 0 Å². The van der Waals surface area contributed by atoms with Crippen LogP contribution < -0.4 is 16.0 Å². The van der Waals surface area contributed by atoms with E-state index >= 15 is 0 Å². The fourth-order valence-electron chi connectivity index (χ4n) is 4.13. The maximum atomic E-state index is 13.7. The lowest BCUT2D eigenvalue weighted by atomic mass is 10.1. The summed E-state index contributed by atoms with van der Waals surface area (Å²) >= 11 is 8.67. The average molecular weight is 642 g/mol. The third-order valence-electron chi connectivity index (χ3n) is 6.26. The maximum Gasteiger partial charge on any atom is 0.272 e. The monoisotopic (exact) mass is 641 g/mol. The number of benzene rings is 4. The van der Waals surface area contributed by atoms with Crippen LogP contribution >= 0.6 is 34.7 Å². The Balaban J connectivity index is 1.35. The Labute approximate surface area is 267 Å². The smallest absolute Gasteiger partial charge is 0.272 e. The number of rotatable bonds is 10. The minimum atomic E-state index is -0.676. The van der Waals surface area contributed by atoms with Gasteiger partial charge in [0, 0.05) is 21.8 Å². The number of amides is 3. The average Bonchev–Trinajstić information content (AvgIpc) is 3.55. The van der Waals surface area contributed by atoms with Crippen molar-refractivity contribution in [2.45, 2.75) is 10.1 Å². The summed E-state index contributed by atoms with van der Waals surface area (Å²) in [5, 5.41) is 11.4. The molecule has 0 radical (unpaired) electrons. The predicted octanol–water partition coefficient (Wildman–Crippen LogP) is 8.42. The highest BCUT2D eigenvalue weighted by atomic mass is 35.5. The Hall–Kier alpha value is -4.70. The van der Waals surface area contributed by atoms with Crippen LogP contribution in [0.4, 0.5) is 15.8 Å². The Morgan fingerprint density at radius 1 is 0.818 bits per heavy atom. The third-order valence-corrected chi connectivity index (χ3v) is 8.50. The van der Waals surface area contributed by atoms with Crippen LogP contribution in [0.25, 0.3) is 6.08 Å². The fourth-order valence-corrected chi connectivity index (χ4v) is 6.01. The number of thioether (sulfide) groups is 1. The van der Waals surface area contributed by atoms with Crippen molar-refractivity contribution in [2.75, 3.05) is 10.6 Å². The van der Waals surface area contributed by atoms with Crippen LogP contribution in [0.2, 0.25) is 5.02 Å². The van der Waals surface area contributed by atoms with E-state index in [0.29, 0.717) is 21.8 Å². The minimum absolute atomic E-state index is 0.0785. The molecule has 3 N–H and O–H groups in total. The third kappa shape index (κ3) is 8.23. The summed E-state index contributed by atoms with van der Waals surface area (Å²) in [5.41, 5.74) is 2.87. The Morgan fingerprint density at radius 2 is 1.55 bits per heavy atom. The summed E-state index contributed by atoms with van der Waals surface area (Å²) in [5.74, 6) is -1.83. The number of anilines is 2. The van der Waals surface area contributed by atoms with E-state index in [2.05, 4.69) is 16.0 Å². The molecule has 5 rings (SSSR count). The molecule has 5 aromatic rings. The van der Waals surface area contributed by atoms with Crippen molar-refractivity contribution in [3.63, 3.8) is 0 Å². The summed E-state index contributed by atoms with van der Waals surface area (Å²) < 4.78 is 13.7. The van der Waals surface area contributed by atoms with E-state index < -0.39 is 22.9 Å². The molecule has 1 atom stereocenters. The number of carbonyl (C=O) groups is 3. The van der Waals surface area contributed by atoms with Crippen LogP contribution in [0.5, 0.6) is 0 Å². The number of halogens is 2. The molecule has 0 aliphatic heterocycles. The van der Waals surface area contributed by atoms with Crippen molar-refractivity contribution in [3.8, 4) is 0 Å². The van der Waals surface area contributed by atoms with Gasteiger partial charge in [-0.15, -0.1) is 11.8 Å². The second-order valence-electron chi connectivity index (χ2n) is 9.44. The van der Waals surface area contributed by atoms with Crippen molar-refractivity contribution in [1.29, 1.82) is 0 Å². The lowest BCUT2D eigenvalue weighted by molar-refractivity contribution is -0.116. The van der Waals surface area contributed by atoms with Crippen LogP contribution in [0.1, 0.15) is 26.7 Å². The minimum Gasteiger partial charge on any atom is -0.325 e. The molecule has 0 bridgehead atoms. The molecule has 0 fully saturated rings. The molecular formula is C34H25ClFN3O3S2.